The van der Waals surface area contributed by atoms with Gasteiger partial charge in [-0.2, -0.15) is 4.98 Å². The Labute approximate surface area is 182 Å². The molecule has 162 valence electrons. The summed E-state index contributed by atoms with van der Waals surface area (Å²) in [6.45, 7) is 5.05. The smallest absolute Gasteiger partial charge is 0.227 e. The fourth-order valence-corrected chi connectivity index (χ4v) is 3.97. The van der Waals surface area contributed by atoms with E-state index in [1.54, 1.807) is 12.4 Å². The number of hydrogen-bond acceptors (Lipinski definition) is 6. The number of carbonyl (C=O) groups excluding carboxylic acids is 1. The van der Waals surface area contributed by atoms with Crippen LogP contribution < -0.4 is 5.32 Å². The van der Waals surface area contributed by atoms with E-state index in [1.807, 2.05) is 18.2 Å². The molecule has 2 aromatic heterocycles. The molecule has 0 spiro atoms. The molecule has 0 aliphatic carbocycles. The van der Waals surface area contributed by atoms with Crippen LogP contribution >= 0.6 is 0 Å². The Morgan fingerprint density at radius 3 is 2.65 bits per heavy atom. The molecule has 1 N–H and O–H groups in total. The molecule has 1 unspecified atom stereocenters. The molecule has 7 heteroatoms. The molecule has 1 fully saturated rings. The highest BCUT2D eigenvalue weighted by Gasteiger charge is 2.25. The summed E-state index contributed by atoms with van der Waals surface area (Å²) < 4.78 is 5.30. The first-order valence-corrected chi connectivity index (χ1v) is 11.0. The van der Waals surface area contributed by atoms with E-state index in [0.717, 1.165) is 24.6 Å². The minimum absolute atomic E-state index is 0.00466. The Morgan fingerprint density at radius 1 is 1.16 bits per heavy atom. The molecule has 1 saturated heterocycles. The van der Waals surface area contributed by atoms with Gasteiger partial charge in [-0.1, -0.05) is 42.4 Å². The summed E-state index contributed by atoms with van der Waals surface area (Å²) in [4.78, 5) is 23.4. The van der Waals surface area contributed by atoms with E-state index >= 15 is 0 Å². The first-order valence-electron chi connectivity index (χ1n) is 11.0. The molecular weight excluding hydrogens is 390 g/mol. The lowest BCUT2D eigenvalue weighted by molar-refractivity contribution is -0.121. The maximum absolute atomic E-state index is 12.5. The summed E-state index contributed by atoms with van der Waals surface area (Å²) in [5.74, 6) is 1.75. The van der Waals surface area contributed by atoms with Crippen molar-refractivity contribution < 1.29 is 9.32 Å². The molecule has 0 radical (unpaired) electrons. The lowest BCUT2D eigenvalue weighted by Gasteiger charge is -2.37. The van der Waals surface area contributed by atoms with Gasteiger partial charge >= 0.3 is 0 Å². The Hall–Kier alpha value is -3.06. The van der Waals surface area contributed by atoms with Gasteiger partial charge in [0, 0.05) is 37.3 Å². The van der Waals surface area contributed by atoms with Crippen molar-refractivity contribution in [3.63, 3.8) is 0 Å². The van der Waals surface area contributed by atoms with Crippen molar-refractivity contribution >= 4 is 5.91 Å². The normalized spacial score (nSPS) is 16.2. The van der Waals surface area contributed by atoms with E-state index in [9.17, 15) is 4.79 Å². The zero-order valence-corrected chi connectivity index (χ0v) is 17.9. The van der Waals surface area contributed by atoms with E-state index in [1.165, 1.54) is 18.4 Å². The van der Waals surface area contributed by atoms with Gasteiger partial charge in [-0.25, -0.2) is 0 Å². The number of hydrogen-bond donors (Lipinski definition) is 1. The van der Waals surface area contributed by atoms with Gasteiger partial charge in [0.2, 0.25) is 17.6 Å². The zero-order chi connectivity index (χ0) is 21.5. The van der Waals surface area contributed by atoms with Gasteiger partial charge in [0.25, 0.3) is 0 Å². The minimum Gasteiger partial charge on any atom is -0.354 e. The van der Waals surface area contributed by atoms with Crippen LogP contribution in [-0.4, -0.2) is 45.6 Å². The number of nitrogens with zero attached hydrogens (tertiary/aromatic N) is 4. The third-order valence-electron chi connectivity index (χ3n) is 5.91. The molecule has 1 atom stereocenters. The first-order chi connectivity index (χ1) is 15.2. The number of pyridine rings is 1. The predicted octanol–water partition coefficient (Wildman–Crippen LogP) is 3.65. The number of aromatic nitrogens is 3. The Balaban J connectivity index is 1.31. The Bertz CT molecular complexity index is 952. The van der Waals surface area contributed by atoms with Crippen LogP contribution in [0.5, 0.6) is 0 Å². The van der Waals surface area contributed by atoms with Gasteiger partial charge < -0.3 is 9.84 Å². The number of benzene rings is 1. The standard InChI is InChI=1S/C24H29N5O2/c1-18-11-15-29(16-12-18)21(19-5-3-2-4-6-19)17-26-22(30)7-8-23-27-24(28-31-23)20-9-13-25-14-10-20/h2-6,9-10,13-14,18,21H,7-8,11-12,15-17H2,1H3,(H,26,30). The second-order valence-corrected chi connectivity index (χ2v) is 8.20. The summed E-state index contributed by atoms with van der Waals surface area (Å²) in [5, 5.41) is 7.11. The van der Waals surface area contributed by atoms with Gasteiger partial charge in [0.05, 0.1) is 6.04 Å². The van der Waals surface area contributed by atoms with Crippen LogP contribution in [0.3, 0.4) is 0 Å². The molecular formula is C24H29N5O2. The molecule has 1 aliphatic rings. The number of amides is 1. The predicted molar refractivity (Wildman–Crippen MR) is 118 cm³/mol. The molecule has 3 aromatic rings. The van der Waals surface area contributed by atoms with Crippen molar-refractivity contribution in [2.45, 2.75) is 38.6 Å². The van der Waals surface area contributed by atoms with Gasteiger partial charge in [0.15, 0.2) is 0 Å². The lowest BCUT2D eigenvalue weighted by atomic mass is 9.95. The van der Waals surface area contributed by atoms with Crippen molar-refractivity contribution in [3.8, 4) is 11.4 Å². The third-order valence-corrected chi connectivity index (χ3v) is 5.91. The summed E-state index contributed by atoms with van der Waals surface area (Å²) in [6.07, 6.45) is 6.51. The third kappa shape index (κ3) is 5.76. The van der Waals surface area contributed by atoms with Crippen LogP contribution in [0.25, 0.3) is 11.4 Å². The second-order valence-electron chi connectivity index (χ2n) is 8.20. The lowest BCUT2D eigenvalue weighted by Crippen LogP contribution is -2.42. The quantitative estimate of drug-likeness (QED) is 0.600. The van der Waals surface area contributed by atoms with Crippen molar-refractivity contribution in [2.75, 3.05) is 19.6 Å². The first kappa shape index (κ1) is 21.2. The topological polar surface area (TPSA) is 84.2 Å². The fourth-order valence-electron chi connectivity index (χ4n) is 3.97. The molecule has 3 heterocycles. The van der Waals surface area contributed by atoms with Crippen molar-refractivity contribution in [2.24, 2.45) is 5.92 Å². The highest BCUT2D eigenvalue weighted by atomic mass is 16.5. The maximum Gasteiger partial charge on any atom is 0.227 e. The van der Waals surface area contributed by atoms with Crippen molar-refractivity contribution in [1.82, 2.24) is 25.3 Å². The van der Waals surface area contributed by atoms with Crippen molar-refractivity contribution in [3.05, 3.63) is 66.3 Å². The van der Waals surface area contributed by atoms with E-state index < -0.39 is 0 Å². The average Bonchev–Trinajstić information content (AvgIpc) is 3.29. The van der Waals surface area contributed by atoms with Gasteiger partial charge in [0.1, 0.15) is 0 Å². The van der Waals surface area contributed by atoms with Crippen molar-refractivity contribution in [1.29, 1.82) is 0 Å². The number of rotatable bonds is 8. The highest BCUT2D eigenvalue weighted by molar-refractivity contribution is 5.76. The molecule has 1 amide bonds. The molecule has 4 rings (SSSR count). The largest absolute Gasteiger partial charge is 0.354 e. The van der Waals surface area contributed by atoms with Crippen LogP contribution in [0.4, 0.5) is 0 Å². The minimum atomic E-state index is -0.00466. The number of aryl methyl sites for hydroxylation is 1. The molecule has 31 heavy (non-hydrogen) atoms. The second kappa shape index (κ2) is 10.3. The van der Waals surface area contributed by atoms with Crippen LogP contribution in [0.2, 0.25) is 0 Å². The number of nitrogens with one attached hydrogen (secondary N) is 1. The van der Waals surface area contributed by atoms with Gasteiger partial charge in [-0.05, 0) is 49.5 Å². The van der Waals surface area contributed by atoms with Crippen LogP contribution in [0.15, 0.2) is 59.4 Å². The van der Waals surface area contributed by atoms with Crippen LogP contribution in [-0.2, 0) is 11.2 Å². The number of likely N-dealkylation sites (tertiary alicyclic amines) is 1. The monoisotopic (exact) mass is 419 g/mol. The van der Waals surface area contributed by atoms with E-state index in [0.29, 0.717) is 31.1 Å². The molecule has 7 nitrogen and oxygen atoms in total. The Morgan fingerprint density at radius 2 is 1.90 bits per heavy atom. The Kier molecular flexibility index (Phi) is 7.04. The SMILES string of the molecule is CC1CCN(C(CNC(=O)CCc2nc(-c3ccncc3)no2)c2ccccc2)CC1. The molecule has 0 saturated carbocycles. The highest BCUT2D eigenvalue weighted by Crippen LogP contribution is 2.26. The fraction of sp³-hybridized carbons (Fsp3) is 0.417. The summed E-state index contributed by atoms with van der Waals surface area (Å²) in [5.41, 5.74) is 2.09. The number of piperidine rings is 1. The molecule has 0 bridgehead atoms. The molecule has 1 aliphatic heterocycles. The van der Waals surface area contributed by atoms with E-state index in [4.69, 9.17) is 4.52 Å². The van der Waals surface area contributed by atoms with E-state index in [-0.39, 0.29) is 11.9 Å². The average molecular weight is 420 g/mol. The van der Waals surface area contributed by atoms with Gasteiger partial charge in [-0.15, -0.1) is 0 Å². The molecule has 1 aromatic carbocycles. The number of carbonyl (C=O) groups is 1. The van der Waals surface area contributed by atoms with Crippen LogP contribution in [0.1, 0.15) is 43.7 Å². The zero-order valence-electron chi connectivity index (χ0n) is 17.9. The van der Waals surface area contributed by atoms with Gasteiger partial charge in [-0.3, -0.25) is 14.7 Å². The summed E-state index contributed by atoms with van der Waals surface area (Å²) >= 11 is 0. The van der Waals surface area contributed by atoms with E-state index in [2.05, 4.69) is 56.5 Å². The summed E-state index contributed by atoms with van der Waals surface area (Å²) in [7, 11) is 0. The summed E-state index contributed by atoms with van der Waals surface area (Å²) in [6, 6.07) is 14.3. The van der Waals surface area contributed by atoms with Crippen LogP contribution in [0, 0.1) is 5.92 Å². The maximum atomic E-state index is 12.5.